The van der Waals surface area contributed by atoms with E-state index in [1.165, 1.54) is 0 Å². The Morgan fingerprint density at radius 1 is 1.47 bits per heavy atom. The van der Waals surface area contributed by atoms with Crippen LogP contribution >= 0.6 is 11.8 Å². The van der Waals surface area contributed by atoms with Gasteiger partial charge in [-0.05, 0) is 19.1 Å². The lowest BCUT2D eigenvalue weighted by molar-refractivity contribution is -0.155. The second-order valence-corrected chi connectivity index (χ2v) is 5.77. The Morgan fingerprint density at radius 2 is 2.11 bits per heavy atom. The van der Waals surface area contributed by atoms with Crippen LogP contribution in [0.1, 0.15) is 25.7 Å². The van der Waals surface area contributed by atoms with Crippen LogP contribution in [0, 0.1) is 5.92 Å². The SMILES string of the molecule is CSC1CCCCC1NCC(C(N)=NO)C(F)(F)F. The molecular weight excluding hydrogens is 279 g/mol. The molecule has 0 aliphatic heterocycles. The summed E-state index contributed by atoms with van der Waals surface area (Å²) in [6.45, 7) is -0.346. The van der Waals surface area contributed by atoms with E-state index in [-0.39, 0.29) is 12.6 Å². The van der Waals surface area contributed by atoms with Gasteiger partial charge in [0.25, 0.3) is 0 Å². The third-order valence-electron chi connectivity index (χ3n) is 3.46. The van der Waals surface area contributed by atoms with Crippen molar-refractivity contribution in [1.29, 1.82) is 0 Å². The molecule has 0 saturated heterocycles. The van der Waals surface area contributed by atoms with Crippen LogP contribution in [0.2, 0.25) is 0 Å². The summed E-state index contributed by atoms with van der Waals surface area (Å²) in [5.41, 5.74) is 5.12. The van der Waals surface area contributed by atoms with E-state index in [1.54, 1.807) is 11.8 Å². The molecule has 19 heavy (non-hydrogen) atoms. The first kappa shape index (κ1) is 16.4. The second kappa shape index (κ2) is 7.23. The Kier molecular flexibility index (Phi) is 6.25. The quantitative estimate of drug-likeness (QED) is 0.315. The second-order valence-electron chi connectivity index (χ2n) is 4.69. The number of nitrogens with zero attached hydrogens (tertiary/aromatic N) is 1. The van der Waals surface area contributed by atoms with Crippen molar-refractivity contribution in [3.8, 4) is 0 Å². The maximum Gasteiger partial charge on any atom is 0.400 e. The van der Waals surface area contributed by atoms with E-state index in [1.807, 2.05) is 6.26 Å². The molecule has 4 nitrogen and oxygen atoms in total. The van der Waals surface area contributed by atoms with Crippen molar-refractivity contribution in [2.75, 3.05) is 12.8 Å². The summed E-state index contributed by atoms with van der Waals surface area (Å²) in [5.74, 6) is -2.74. The van der Waals surface area contributed by atoms with Crippen molar-refractivity contribution in [1.82, 2.24) is 5.32 Å². The maximum absolute atomic E-state index is 12.8. The lowest BCUT2D eigenvalue weighted by Crippen LogP contribution is -2.48. The molecule has 1 rings (SSSR count). The molecule has 0 aromatic rings. The van der Waals surface area contributed by atoms with Crippen LogP contribution in [0.15, 0.2) is 5.16 Å². The molecule has 0 radical (unpaired) electrons. The highest BCUT2D eigenvalue weighted by Crippen LogP contribution is 2.29. The predicted octanol–water partition coefficient (Wildman–Crippen LogP) is 2.18. The van der Waals surface area contributed by atoms with Crippen LogP contribution in [0.3, 0.4) is 0 Å². The third-order valence-corrected chi connectivity index (χ3v) is 4.63. The van der Waals surface area contributed by atoms with Crippen LogP contribution in [0.4, 0.5) is 13.2 Å². The van der Waals surface area contributed by atoms with Crippen molar-refractivity contribution >= 4 is 17.6 Å². The molecule has 0 aromatic carbocycles. The van der Waals surface area contributed by atoms with Crippen LogP contribution in [-0.2, 0) is 0 Å². The Labute approximate surface area is 115 Å². The lowest BCUT2D eigenvalue weighted by atomic mass is 9.94. The summed E-state index contributed by atoms with van der Waals surface area (Å²) in [4.78, 5) is 0. The number of rotatable bonds is 5. The largest absolute Gasteiger partial charge is 0.409 e. The highest BCUT2D eigenvalue weighted by molar-refractivity contribution is 7.99. The summed E-state index contributed by atoms with van der Waals surface area (Å²) in [5, 5.41) is 14.2. The van der Waals surface area contributed by atoms with Crippen molar-refractivity contribution in [2.45, 2.75) is 43.2 Å². The molecular formula is C11H20F3N3OS. The lowest BCUT2D eigenvalue weighted by Gasteiger charge is -2.32. The van der Waals surface area contributed by atoms with Crippen LogP contribution < -0.4 is 11.1 Å². The normalized spacial score (nSPS) is 27.3. The molecule has 0 heterocycles. The summed E-state index contributed by atoms with van der Waals surface area (Å²) in [6.07, 6.45) is 1.48. The van der Waals surface area contributed by atoms with Gasteiger partial charge in [0.1, 0.15) is 5.92 Å². The van der Waals surface area contributed by atoms with Crippen molar-refractivity contribution in [2.24, 2.45) is 16.8 Å². The van der Waals surface area contributed by atoms with Gasteiger partial charge in [-0.25, -0.2) is 0 Å². The molecule has 112 valence electrons. The zero-order chi connectivity index (χ0) is 14.5. The molecule has 3 unspecified atom stereocenters. The van der Waals surface area contributed by atoms with E-state index < -0.39 is 17.9 Å². The zero-order valence-electron chi connectivity index (χ0n) is 10.8. The monoisotopic (exact) mass is 299 g/mol. The van der Waals surface area contributed by atoms with Gasteiger partial charge in [0.2, 0.25) is 0 Å². The fourth-order valence-electron chi connectivity index (χ4n) is 2.34. The van der Waals surface area contributed by atoms with E-state index in [4.69, 9.17) is 10.9 Å². The summed E-state index contributed by atoms with van der Waals surface area (Å²) >= 11 is 1.67. The Balaban J connectivity index is 2.60. The molecule has 0 bridgehead atoms. The van der Waals surface area contributed by atoms with E-state index >= 15 is 0 Å². The molecule has 3 atom stereocenters. The topological polar surface area (TPSA) is 70.6 Å². The number of halogens is 3. The fourth-order valence-corrected chi connectivity index (χ4v) is 3.30. The molecule has 1 saturated carbocycles. The Morgan fingerprint density at radius 3 is 2.63 bits per heavy atom. The smallest absolute Gasteiger partial charge is 0.400 e. The summed E-state index contributed by atoms with van der Waals surface area (Å²) < 4.78 is 38.3. The summed E-state index contributed by atoms with van der Waals surface area (Å²) in [7, 11) is 0. The first-order chi connectivity index (χ1) is 8.90. The van der Waals surface area contributed by atoms with E-state index in [9.17, 15) is 13.2 Å². The number of amidine groups is 1. The van der Waals surface area contributed by atoms with Gasteiger partial charge in [0.15, 0.2) is 5.84 Å². The minimum atomic E-state index is -4.51. The van der Waals surface area contributed by atoms with Gasteiger partial charge in [-0.2, -0.15) is 24.9 Å². The average molecular weight is 299 g/mol. The van der Waals surface area contributed by atoms with E-state index in [0.29, 0.717) is 5.25 Å². The molecule has 4 N–H and O–H groups in total. The number of nitrogens with one attached hydrogen (secondary N) is 1. The molecule has 8 heteroatoms. The number of oxime groups is 1. The van der Waals surface area contributed by atoms with Crippen LogP contribution in [-0.4, -0.2) is 41.3 Å². The number of hydrogen-bond donors (Lipinski definition) is 3. The van der Waals surface area contributed by atoms with Gasteiger partial charge in [0, 0.05) is 17.8 Å². The standard InChI is InChI=1S/C11H20F3N3OS/c1-19-9-5-3-2-4-8(9)16-6-7(10(15)17-18)11(12,13)14/h7-9,16,18H,2-6H2,1H3,(H2,15,17). The Hall–Kier alpha value is -0.630. The van der Waals surface area contributed by atoms with Crippen LogP contribution in [0.5, 0.6) is 0 Å². The van der Waals surface area contributed by atoms with Gasteiger partial charge in [-0.15, -0.1) is 0 Å². The first-order valence-electron chi connectivity index (χ1n) is 6.20. The molecule has 0 amide bonds. The summed E-state index contributed by atoms with van der Waals surface area (Å²) in [6, 6.07) is 0.0556. The van der Waals surface area contributed by atoms with Gasteiger partial charge in [-0.3, -0.25) is 0 Å². The van der Waals surface area contributed by atoms with Crippen molar-refractivity contribution in [3.63, 3.8) is 0 Å². The Bertz CT molecular complexity index is 312. The van der Waals surface area contributed by atoms with Gasteiger partial charge < -0.3 is 16.3 Å². The highest BCUT2D eigenvalue weighted by atomic mass is 32.2. The number of hydrogen-bond acceptors (Lipinski definition) is 4. The van der Waals surface area contributed by atoms with Gasteiger partial charge in [-0.1, -0.05) is 18.0 Å². The van der Waals surface area contributed by atoms with Crippen LogP contribution in [0.25, 0.3) is 0 Å². The minimum absolute atomic E-state index is 0.0556. The van der Waals surface area contributed by atoms with E-state index in [0.717, 1.165) is 25.7 Å². The predicted molar refractivity (Wildman–Crippen MR) is 70.5 cm³/mol. The minimum Gasteiger partial charge on any atom is -0.409 e. The number of thioether (sulfide) groups is 1. The molecule has 0 aromatic heterocycles. The number of alkyl halides is 3. The maximum atomic E-state index is 12.8. The van der Waals surface area contributed by atoms with Gasteiger partial charge >= 0.3 is 6.18 Å². The molecule has 1 aliphatic rings. The molecule has 0 spiro atoms. The van der Waals surface area contributed by atoms with Crippen molar-refractivity contribution in [3.05, 3.63) is 0 Å². The van der Waals surface area contributed by atoms with Crippen molar-refractivity contribution < 1.29 is 18.4 Å². The van der Waals surface area contributed by atoms with E-state index in [2.05, 4.69) is 10.5 Å². The first-order valence-corrected chi connectivity index (χ1v) is 7.49. The fraction of sp³-hybridized carbons (Fsp3) is 0.909. The third kappa shape index (κ3) is 4.76. The van der Waals surface area contributed by atoms with Gasteiger partial charge in [0.05, 0.1) is 0 Å². The average Bonchev–Trinajstić information content (AvgIpc) is 2.37. The highest BCUT2D eigenvalue weighted by Gasteiger charge is 2.43. The molecule has 1 aliphatic carbocycles. The number of nitrogens with two attached hydrogens (primary N) is 1. The zero-order valence-corrected chi connectivity index (χ0v) is 11.6. The molecule has 1 fully saturated rings.